The zero-order chi connectivity index (χ0) is 31.7. The van der Waals surface area contributed by atoms with E-state index in [-0.39, 0.29) is 33.5 Å². The molecule has 2 aromatic heterocycles. The molecular weight excluding hydrogens is 635 g/mol. The van der Waals surface area contributed by atoms with Gasteiger partial charge in [-0.3, -0.25) is 9.36 Å². The monoisotopic (exact) mass is 653 g/mol. The van der Waals surface area contributed by atoms with Crippen molar-refractivity contribution < 1.29 is 41.4 Å². The summed E-state index contributed by atoms with van der Waals surface area (Å²) in [7, 11) is 0. The number of benzene rings is 2. The molecule has 4 aromatic rings. The summed E-state index contributed by atoms with van der Waals surface area (Å²) in [6, 6.07) is 9.61. The van der Waals surface area contributed by atoms with E-state index in [4.69, 9.17) is 23.2 Å². The van der Waals surface area contributed by atoms with E-state index < -0.39 is 55.8 Å². The lowest BCUT2D eigenvalue weighted by atomic mass is 10.1. The molecule has 1 unspecified atom stereocenters. The highest BCUT2D eigenvalue weighted by molar-refractivity contribution is 6.33. The lowest BCUT2D eigenvalue weighted by Crippen LogP contribution is -2.40. The molecule has 43 heavy (non-hydrogen) atoms. The molecule has 1 amide bonds. The molecular formula is C24H19Cl2F6N7O4. The summed E-state index contributed by atoms with van der Waals surface area (Å²) in [5, 5.41) is 29.2. The number of carbonyl (C=O) groups is 1. The smallest absolute Gasteiger partial charge is 0.382 e. The van der Waals surface area contributed by atoms with Crippen LogP contribution in [-0.4, -0.2) is 76.3 Å². The van der Waals surface area contributed by atoms with E-state index in [9.17, 15) is 46.1 Å². The van der Waals surface area contributed by atoms with Gasteiger partial charge < -0.3 is 15.5 Å². The minimum absolute atomic E-state index is 0.0620. The summed E-state index contributed by atoms with van der Waals surface area (Å²) in [6.45, 7) is -2.78. The van der Waals surface area contributed by atoms with Gasteiger partial charge in [-0.2, -0.15) is 26.3 Å². The normalized spacial score (nSPS) is 13.6. The molecule has 0 aliphatic carbocycles. The van der Waals surface area contributed by atoms with Gasteiger partial charge in [-0.15, -0.1) is 10.2 Å². The Kier molecular flexibility index (Phi) is 9.19. The molecule has 3 N–H and O–H groups in total. The van der Waals surface area contributed by atoms with Gasteiger partial charge in [0, 0.05) is 10.6 Å². The Labute approximate surface area is 246 Å². The molecule has 0 aliphatic heterocycles. The maximum atomic E-state index is 13.1. The fourth-order valence-electron chi connectivity index (χ4n) is 3.74. The first-order valence-electron chi connectivity index (χ1n) is 12.0. The van der Waals surface area contributed by atoms with Crippen LogP contribution < -0.4 is 11.0 Å². The summed E-state index contributed by atoms with van der Waals surface area (Å²) in [6.07, 6.45) is -14.6. The Bertz CT molecular complexity index is 1670. The van der Waals surface area contributed by atoms with Gasteiger partial charge in [-0.25, -0.2) is 19.1 Å². The highest BCUT2D eigenvalue weighted by Gasteiger charge is 2.40. The maximum Gasteiger partial charge on any atom is 0.416 e. The van der Waals surface area contributed by atoms with Crippen molar-refractivity contribution in [3.8, 4) is 17.1 Å². The first kappa shape index (κ1) is 32.0. The highest BCUT2D eigenvalue weighted by atomic mass is 35.5. The predicted molar refractivity (Wildman–Crippen MR) is 139 cm³/mol. The molecule has 11 nitrogen and oxygen atoms in total. The predicted octanol–water partition coefficient (Wildman–Crippen LogP) is 3.22. The second-order valence-electron chi connectivity index (χ2n) is 8.95. The quantitative estimate of drug-likeness (QED) is 0.236. The Morgan fingerprint density at radius 2 is 1.60 bits per heavy atom. The number of amides is 1. The van der Waals surface area contributed by atoms with Crippen LogP contribution in [0.25, 0.3) is 17.1 Å². The van der Waals surface area contributed by atoms with Gasteiger partial charge in [0.05, 0.1) is 29.4 Å². The van der Waals surface area contributed by atoms with Crippen molar-refractivity contribution in [3.63, 3.8) is 0 Å². The number of hydrogen-bond acceptors (Lipinski definition) is 7. The molecule has 0 saturated carbocycles. The molecule has 230 valence electrons. The topological polar surface area (TPSA) is 140 Å². The SMILES string of the molecule is O=C(NCC(O)C(F)(F)F)c1cccc(Cl)c1-n1cnc(Cn2nc(-c3ccc(Cl)cc3)n(C[C@H](O)C(F)(F)F)c2=O)n1. The molecule has 0 fully saturated rings. The van der Waals surface area contributed by atoms with Crippen LogP contribution in [0.5, 0.6) is 0 Å². The van der Waals surface area contributed by atoms with Crippen LogP contribution in [0, 0.1) is 0 Å². The number of alkyl halides is 6. The lowest BCUT2D eigenvalue weighted by Gasteiger charge is -2.16. The van der Waals surface area contributed by atoms with Gasteiger partial charge in [0.1, 0.15) is 12.9 Å². The van der Waals surface area contributed by atoms with Gasteiger partial charge in [-0.1, -0.05) is 29.3 Å². The van der Waals surface area contributed by atoms with Crippen molar-refractivity contribution in [2.45, 2.75) is 37.7 Å². The van der Waals surface area contributed by atoms with E-state index in [0.717, 1.165) is 15.7 Å². The Balaban J connectivity index is 1.65. The molecule has 0 spiro atoms. The third-order valence-corrected chi connectivity index (χ3v) is 6.44. The van der Waals surface area contributed by atoms with Crippen LogP contribution in [0.15, 0.2) is 53.6 Å². The molecule has 4 rings (SSSR count). The van der Waals surface area contributed by atoms with Crippen molar-refractivity contribution in [2.75, 3.05) is 6.54 Å². The van der Waals surface area contributed by atoms with Gasteiger partial charge in [-0.05, 0) is 36.4 Å². The van der Waals surface area contributed by atoms with Crippen molar-refractivity contribution >= 4 is 29.1 Å². The summed E-state index contributed by atoms with van der Waals surface area (Å²) in [5.74, 6) is -1.36. The number of aromatic nitrogens is 6. The Morgan fingerprint density at radius 1 is 0.953 bits per heavy atom. The number of aliphatic hydroxyl groups excluding tert-OH is 2. The molecule has 0 saturated heterocycles. The number of aliphatic hydroxyl groups is 2. The van der Waals surface area contributed by atoms with Crippen molar-refractivity contribution in [2.24, 2.45) is 0 Å². The minimum Gasteiger partial charge on any atom is -0.382 e. The van der Waals surface area contributed by atoms with Gasteiger partial charge in [0.15, 0.2) is 23.9 Å². The molecule has 2 heterocycles. The van der Waals surface area contributed by atoms with Crippen LogP contribution in [0.1, 0.15) is 16.2 Å². The summed E-state index contributed by atoms with van der Waals surface area (Å²) in [5.41, 5.74) is -1.15. The number of hydrogen-bond donors (Lipinski definition) is 3. The summed E-state index contributed by atoms with van der Waals surface area (Å²) < 4.78 is 79.6. The van der Waals surface area contributed by atoms with Crippen LogP contribution in [0.2, 0.25) is 10.0 Å². The average Bonchev–Trinajstić information content (AvgIpc) is 3.51. The molecule has 2 aromatic carbocycles. The third-order valence-electron chi connectivity index (χ3n) is 5.88. The van der Waals surface area contributed by atoms with Crippen LogP contribution >= 0.6 is 23.2 Å². The fourth-order valence-corrected chi connectivity index (χ4v) is 4.13. The number of para-hydroxylation sites is 1. The molecule has 0 bridgehead atoms. The van der Waals surface area contributed by atoms with Crippen molar-refractivity contribution in [1.82, 2.24) is 34.4 Å². The van der Waals surface area contributed by atoms with Gasteiger partial charge >= 0.3 is 18.0 Å². The summed E-state index contributed by atoms with van der Waals surface area (Å²) >= 11 is 12.1. The fraction of sp³-hybridized carbons (Fsp3) is 0.292. The number of rotatable bonds is 9. The zero-order valence-corrected chi connectivity index (χ0v) is 22.8. The van der Waals surface area contributed by atoms with E-state index >= 15 is 0 Å². The number of nitrogens with zero attached hydrogens (tertiary/aromatic N) is 6. The van der Waals surface area contributed by atoms with Crippen LogP contribution in [-0.2, 0) is 13.1 Å². The number of nitrogens with one attached hydrogen (secondary N) is 1. The Hall–Kier alpha value is -3.93. The first-order valence-corrected chi connectivity index (χ1v) is 12.7. The van der Waals surface area contributed by atoms with Gasteiger partial charge in [0.2, 0.25) is 0 Å². The standard InChI is InChI=1S/C24H19Cl2F6N7O4/c25-13-6-4-12(5-7-13)20-36-38(22(43)37(20)9-17(41)24(30,31)32)10-18-34-11-39(35-18)19-14(2-1-3-15(19)26)21(42)33-8-16(40)23(27,28)29/h1-7,11,16-17,40-41H,8-10H2,(H,33,42)/t16?,17-/m0/s1. The largest absolute Gasteiger partial charge is 0.416 e. The van der Waals surface area contributed by atoms with E-state index in [2.05, 4.69) is 15.2 Å². The van der Waals surface area contributed by atoms with E-state index in [1.165, 1.54) is 42.5 Å². The minimum atomic E-state index is -5.02. The summed E-state index contributed by atoms with van der Waals surface area (Å²) in [4.78, 5) is 29.8. The van der Waals surface area contributed by atoms with Crippen LogP contribution in [0.4, 0.5) is 26.3 Å². The zero-order valence-electron chi connectivity index (χ0n) is 21.3. The second kappa shape index (κ2) is 12.4. The molecule has 0 radical (unpaired) electrons. The lowest BCUT2D eigenvalue weighted by molar-refractivity contribution is -0.207. The second-order valence-corrected chi connectivity index (χ2v) is 9.79. The first-order chi connectivity index (χ1) is 20.1. The van der Waals surface area contributed by atoms with E-state index in [0.29, 0.717) is 9.59 Å². The maximum absolute atomic E-state index is 13.1. The van der Waals surface area contributed by atoms with Crippen molar-refractivity contribution in [3.05, 3.63) is 80.7 Å². The van der Waals surface area contributed by atoms with Crippen molar-refractivity contribution in [1.29, 1.82) is 0 Å². The highest BCUT2D eigenvalue weighted by Crippen LogP contribution is 2.26. The van der Waals surface area contributed by atoms with Gasteiger partial charge in [0.25, 0.3) is 5.91 Å². The van der Waals surface area contributed by atoms with E-state index in [1.807, 2.05) is 5.32 Å². The van der Waals surface area contributed by atoms with Crippen LogP contribution in [0.3, 0.4) is 0 Å². The number of carbonyl (C=O) groups excluding carboxylic acids is 1. The Morgan fingerprint density at radius 3 is 2.23 bits per heavy atom. The molecule has 19 heteroatoms. The third kappa shape index (κ3) is 7.35. The van der Waals surface area contributed by atoms with E-state index in [1.54, 1.807) is 0 Å². The number of halogens is 8. The average molecular weight is 654 g/mol. The molecule has 0 aliphatic rings. The molecule has 2 atom stereocenters.